The predicted molar refractivity (Wildman–Crippen MR) is 125 cm³/mol. The number of pyridine rings is 1. The number of aromatic nitrogens is 1. The second-order valence-electron chi connectivity index (χ2n) is 8.37. The minimum Gasteiger partial charge on any atom is -0.482 e. The Morgan fingerprint density at radius 1 is 1.09 bits per heavy atom. The third kappa shape index (κ3) is 4.19. The van der Waals surface area contributed by atoms with Crippen LogP contribution in [-0.2, 0) is 0 Å². The van der Waals surface area contributed by atoms with E-state index in [2.05, 4.69) is 16.4 Å². The zero-order valence-corrected chi connectivity index (χ0v) is 19.1. The van der Waals surface area contributed by atoms with Gasteiger partial charge in [-0.25, -0.2) is 0 Å². The van der Waals surface area contributed by atoms with Crippen LogP contribution in [-0.4, -0.2) is 53.4 Å². The van der Waals surface area contributed by atoms with E-state index in [0.29, 0.717) is 30.8 Å². The first-order valence-corrected chi connectivity index (χ1v) is 11.6. The van der Waals surface area contributed by atoms with Crippen molar-refractivity contribution in [1.82, 2.24) is 15.2 Å². The molecule has 0 unspecified atom stereocenters. The molecule has 0 atom stereocenters. The van der Waals surface area contributed by atoms with Gasteiger partial charge in [-0.2, -0.15) is 0 Å². The number of ether oxygens (including phenoxy) is 1. The molecule has 0 bridgehead atoms. The molecule has 2 aromatic rings. The van der Waals surface area contributed by atoms with E-state index >= 15 is 0 Å². The Morgan fingerprint density at radius 3 is 2.47 bits per heavy atom. The van der Waals surface area contributed by atoms with E-state index in [4.69, 9.17) is 4.74 Å². The Hall–Kier alpha value is -2.99. The maximum atomic E-state index is 12.7. The van der Waals surface area contributed by atoms with Gasteiger partial charge < -0.3 is 15.0 Å². The molecule has 32 heavy (non-hydrogen) atoms. The topological polar surface area (TPSA) is 71.5 Å². The SMILES string of the molecule is CCC(=O)c1ccc2c(c1)C(c1ccc(C(=O)N(CC)CC)nc1)=CC1(CCNCC1)O2. The molecule has 2 aliphatic rings. The molecule has 1 saturated heterocycles. The molecule has 1 spiro atoms. The van der Waals surface area contributed by atoms with Gasteiger partial charge >= 0.3 is 0 Å². The Bertz CT molecular complexity index is 1030. The van der Waals surface area contributed by atoms with Crippen LogP contribution in [0.2, 0.25) is 0 Å². The van der Waals surface area contributed by atoms with Gasteiger partial charge in [-0.15, -0.1) is 0 Å². The van der Waals surface area contributed by atoms with E-state index in [1.165, 1.54) is 0 Å². The molecule has 1 fully saturated rings. The Morgan fingerprint density at radius 2 is 1.84 bits per heavy atom. The third-order valence-electron chi connectivity index (χ3n) is 6.43. The summed E-state index contributed by atoms with van der Waals surface area (Å²) in [7, 11) is 0. The smallest absolute Gasteiger partial charge is 0.272 e. The normalized spacial score (nSPS) is 16.7. The van der Waals surface area contributed by atoms with Gasteiger partial charge in [0.25, 0.3) is 5.91 Å². The van der Waals surface area contributed by atoms with Gasteiger partial charge in [-0.05, 0) is 62.9 Å². The molecule has 3 heterocycles. The van der Waals surface area contributed by atoms with Crippen LogP contribution >= 0.6 is 0 Å². The van der Waals surface area contributed by atoms with Gasteiger partial charge in [-0.3, -0.25) is 14.6 Å². The van der Waals surface area contributed by atoms with Crippen LogP contribution in [0.4, 0.5) is 0 Å². The predicted octanol–water partition coefficient (Wildman–Crippen LogP) is 4.10. The number of carbonyl (C=O) groups excluding carboxylic acids is 2. The molecule has 4 rings (SSSR count). The number of fused-ring (bicyclic) bond motifs is 1. The summed E-state index contributed by atoms with van der Waals surface area (Å²) in [5, 5.41) is 3.40. The lowest BCUT2D eigenvalue weighted by Gasteiger charge is -2.40. The highest BCUT2D eigenvalue weighted by atomic mass is 16.5. The van der Waals surface area contributed by atoms with Crippen molar-refractivity contribution in [1.29, 1.82) is 0 Å². The number of carbonyl (C=O) groups is 2. The van der Waals surface area contributed by atoms with E-state index in [0.717, 1.165) is 48.4 Å². The van der Waals surface area contributed by atoms with E-state index in [1.807, 2.05) is 45.0 Å². The van der Waals surface area contributed by atoms with Crippen LogP contribution in [0.3, 0.4) is 0 Å². The highest BCUT2D eigenvalue weighted by Gasteiger charge is 2.37. The van der Waals surface area contributed by atoms with Crippen LogP contribution in [0.25, 0.3) is 5.57 Å². The molecule has 0 radical (unpaired) electrons. The van der Waals surface area contributed by atoms with Gasteiger partial charge in [0.1, 0.15) is 17.0 Å². The fraction of sp³-hybridized carbons (Fsp3) is 0.423. The van der Waals surface area contributed by atoms with Crippen molar-refractivity contribution in [3.05, 3.63) is 65.0 Å². The van der Waals surface area contributed by atoms with Crippen molar-refractivity contribution in [2.24, 2.45) is 0 Å². The Balaban J connectivity index is 1.76. The summed E-state index contributed by atoms with van der Waals surface area (Å²) in [6.45, 7) is 8.88. The van der Waals surface area contributed by atoms with Gasteiger partial charge in [0, 0.05) is 55.2 Å². The molecular weight excluding hydrogens is 402 g/mol. The van der Waals surface area contributed by atoms with Crippen molar-refractivity contribution in [3.63, 3.8) is 0 Å². The first-order chi connectivity index (χ1) is 15.5. The monoisotopic (exact) mass is 433 g/mol. The van der Waals surface area contributed by atoms with Crippen molar-refractivity contribution >= 4 is 17.3 Å². The fourth-order valence-corrected chi connectivity index (χ4v) is 4.48. The number of nitrogens with one attached hydrogen (secondary N) is 1. The molecule has 1 aromatic heterocycles. The zero-order chi connectivity index (χ0) is 22.7. The second-order valence-corrected chi connectivity index (χ2v) is 8.37. The number of amides is 1. The minimum atomic E-state index is -0.375. The molecule has 1 aromatic carbocycles. The molecule has 6 heteroatoms. The average Bonchev–Trinajstić information content (AvgIpc) is 2.84. The maximum Gasteiger partial charge on any atom is 0.272 e. The van der Waals surface area contributed by atoms with Gasteiger partial charge in [0.2, 0.25) is 0 Å². The van der Waals surface area contributed by atoms with Crippen LogP contribution in [0.1, 0.15) is 72.0 Å². The summed E-state index contributed by atoms with van der Waals surface area (Å²) >= 11 is 0. The van der Waals surface area contributed by atoms with Crippen molar-refractivity contribution in [3.8, 4) is 5.75 Å². The molecule has 2 aliphatic heterocycles. The van der Waals surface area contributed by atoms with Gasteiger partial charge in [0.15, 0.2) is 5.78 Å². The number of rotatable bonds is 6. The number of Topliss-reactive ketones (excluding diaryl/α,β-unsaturated/α-hetero) is 1. The quantitative estimate of drug-likeness (QED) is 0.695. The average molecular weight is 434 g/mol. The molecule has 168 valence electrons. The second kappa shape index (κ2) is 9.25. The van der Waals surface area contributed by atoms with Crippen LogP contribution in [0, 0.1) is 0 Å². The first kappa shape index (κ1) is 22.2. The summed E-state index contributed by atoms with van der Waals surface area (Å²) in [5.41, 5.74) is 3.58. The van der Waals surface area contributed by atoms with E-state index in [9.17, 15) is 9.59 Å². The number of ketones is 1. The van der Waals surface area contributed by atoms with Crippen LogP contribution in [0.5, 0.6) is 5.75 Å². The van der Waals surface area contributed by atoms with Gasteiger partial charge in [-0.1, -0.05) is 13.0 Å². The molecule has 0 aliphatic carbocycles. The van der Waals surface area contributed by atoms with E-state index in [1.54, 1.807) is 17.2 Å². The summed E-state index contributed by atoms with van der Waals surface area (Å²) < 4.78 is 6.49. The van der Waals surface area contributed by atoms with Crippen molar-refractivity contribution in [2.45, 2.75) is 45.6 Å². The molecule has 1 amide bonds. The first-order valence-electron chi connectivity index (χ1n) is 11.6. The third-order valence-corrected chi connectivity index (χ3v) is 6.43. The lowest BCUT2D eigenvalue weighted by molar-refractivity contribution is 0.0766. The number of hydrogen-bond donors (Lipinski definition) is 1. The van der Waals surface area contributed by atoms with E-state index in [-0.39, 0.29) is 17.3 Å². The minimum absolute atomic E-state index is 0.0615. The molecule has 6 nitrogen and oxygen atoms in total. The lowest BCUT2D eigenvalue weighted by Crippen LogP contribution is -2.46. The number of benzene rings is 1. The summed E-state index contributed by atoms with van der Waals surface area (Å²) in [6, 6.07) is 9.44. The van der Waals surface area contributed by atoms with E-state index < -0.39 is 0 Å². The highest BCUT2D eigenvalue weighted by molar-refractivity contribution is 5.98. The lowest BCUT2D eigenvalue weighted by atomic mass is 9.83. The van der Waals surface area contributed by atoms with Crippen molar-refractivity contribution in [2.75, 3.05) is 26.2 Å². The highest BCUT2D eigenvalue weighted by Crippen LogP contribution is 2.43. The van der Waals surface area contributed by atoms with Gasteiger partial charge in [0.05, 0.1) is 0 Å². The summed E-state index contributed by atoms with van der Waals surface area (Å²) in [4.78, 5) is 31.3. The maximum absolute atomic E-state index is 12.7. The summed E-state index contributed by atoms with van der Waals surface area (Å²) in [5.74, 6) is 0.835. The molecular formula is C26H31N3O3. The largest absolute Gasteiger partial charge is 0.482 e. The van der Waals surface area contributed by atoms with Crippen LogP contribution in [0.15, 0.2) is 42.6 Å². The number of hydrogen-bond acceptors (Lipinski definition) is 5. The molecule has 0 saturated carbocycles. The van der Waals surface area contributed by atoms with Crippen LogP contribution < -0.4 is 10.1 Å². The standard InChI is InChI=1S/C26H31N3O3/c1-4-23(30)18-8-10-24-20(15-18)21(16-26(32-24)11-13-27-14-12-26)19-7-9-22(28-17-19)25(31)29(5-2)6-3/h7-10,15-17,27H,4-6,11-14H2,1-3H3. The Kier molecular flexibility index (Phi) is 6.42. The fourth-order valence-electron chi connectivity index (χ4n) is 4.48. The van der Waals surface area contributed by atoms with Crippen molar-refractivity contribution < 1.29 is 14.3 Å². The zero-order valence-electron chi connectivity index (χ0n) is 19.1. The Labute approximate surface area is 189 Å². The number of piperidine rings is 1. The summed E-state index contributed by atoms with van der Waals surface area (Å²) in [6.07, 6.45) is 6.16. The number of nitrogens with zero attached hydrogens (tertiary/aromatic N) is 2. The molecule has 1 N–H and O–H groups in total.